The first-order chi connectivity index (χ1) is 11.4. The van der Waals surface area contributed by atoms with Gasteiger partial charge in [-0.25, -0.2) is 0 Å². The van der Waals surface area contributed by atoms with E-state index in [1.165, 1.54) is 9.80 Å². The third-order valence-electron chi connectivity index (χ3n) is 4.18. The largest absolute Gasteiger partial charge is 0.497 e. The van der Waals surface area contributed by atoms with E-state index in [4.69, 9.17) is 9.84 Å². The van der Waals surface area contributed by atoms with Crippen molar-refractivity contribution in [3.8, 4) is 5.75 Å². The van der Waals surface area contributed by atoms with Crippen LogP contribution in [0, 0.1) is 5.92 Å². The number of hydrogen-bond donors (Lipinski definition) is 1. The van der Waals surface area contributed by atoms with Gasteiger partial charge in [-0.05, 0) is 37.1 Å². The quantitative estimate of drug-likeness (QED) is 0.871. The zero-order valence-electron chi connectivity index (χ0n) is 13.9. The summed E-state index contributed by atoms with van der Waals surface area (Å²) in [5.74, 6) is -1.25. The standard InChI is InChI=1S/C17H22N2O5/c1-18(16(21)12-5-7-14(24-2)8-6-12)11-15(20)19-9-3-4-13(10-19)17(22)23/h5-8,13H,3-4,9-11H2,1-2H3,(H,22,23). The fraction of sp³-hybridized carbons (Fsp3) is 0.471. The fourth-order valence-electron chi connectivity index (χ4n) is 2.73. The van der Waals surface area contributed by atoms with Crippen LogP contribution in [0.1, 0.15) is 23.2 Å². The molecule has 1 saturated heterocycles. The molecule has 0 saturated carbocycles. The zero-order valence-corrected chi connectivity index (χ0v) is 13.9. The number of ether oxygens (including phenoxy) is 1. The summed E-state index contributed by atoms with van der Waals surface area (Å²) < 4.78 is 5.05. The Morgan fingerprint density at radius 2 is 1.96 bits per heavy atom. The third-order valence-corrected chi connectivity index (χ3v) is 4.18. The maximum absolute atomic E-state index is 12.4. The average molecular weight is 334 g/mol. The normalized spacial score (nSPS) is 17.2. The molecule has 24 heavy (non-hydrogen) atoms. The Morgan fingerprint density at radius 3 is 2.54 bits per heavy atom. The summed E-state index contributed by atoms with van der Waals surface area (Å²) in [7, 11) is 3.10. The summed E-state index contributed by atoms with van der Waals surface area (Å²) in [6.07, 6.45) is 1.25. The lowest BCUT2D eigenvalue weighted by atomic mass is 9.98. The molecular formula is C17H22N2O5. The van der Waals surface area contributed by atoms with Crippen molar-refractivity contribution in [3.05, 3.63) is 29.8 Å². The summed E-state index contributed by atoms with van der Waals surface area (Å²) in [5, 5.41) is 9.09. The van der Waals surface area contributed by atoms with Gasteiger partial charge in [0.2, 0.25) is 5.91 Å². The summed E-state index contributed by atoms with van der Waals surface area (Å²) in [6.45, 7) is 0.670. The first-order valence-electron chi connectivity index (χ1n) is 7.82. The number of rotatable bonds is 5. The van der Waals surface area contributed by atoms with Crippen LogP contribution in [-0.2, 0) is 9.59 Å². The number of likely N-dealkylation sites (N-methyl/N-ethyl adjacent to an activating group) is 1. The highest BCUT2D eigenvalue weighted by molar-refractivity contribution is 5.96. The molecule has 1 heterocycles. The van der Waals surface area contributed by atoms with Gasteiger partial charge < -0.3 is 19.6 Å². The van der Waals surface area contributed by atoms with E-state index in [0.29, 0.717) is 30.7 Å². The number of amides is 2. The molecule has 2 amide bonds. The van der Waals surface area contributed by atoms with Crippen LogP contribution in [-0.4, -0.2) is 66.5 Å². The molecule has 1 aromatic rings. The average Bonchev–Trinajstić information content (AvgIpc) is 2.61. The Kier molecular flexibility index (Phi) is 5.78. The molecule has 0 radical (unpaired) electrons. The third kappa shape index (κ3) is 4.24. The van der Waals surface area contributed by atoms with Crippen molar-refractivity contribution in [2.45, 2.75) is 12.8 Å². The smallest absolute Gasteiger partial charge is 0.308 e. The highest BCUT2D eigenvalue weighted by atomic mass is 16.5. The van der Waals surface area contributed by atoms with Crippen LogP contribution in [0.15, 0.2) is 24.3 Å². The maximum Gasteiger partial charge on any atom is 0.308 e. The molecule has 7 nitrogen and oxygen atoms in total. The first-order valence-corrected chi connectivity index (χ1v) is 7.82. The van der Waals surface area contributed by atoms with Gasteiger partial charge in [0.05, 0.1) is 19.6 Å². The first kappa shape index (κ1) is 17.8. The van der Waals surface area contributed by atoms with Crippen LogP contribution in [0.4, 0.5) is 0 Å². The van der Waals surface area contributed by atoms with Gasteiger partial charge in [0, 0.05) is 25.7 Å². The Labute approximate surface area is 140 Å². The molecule has 130 valence electrons. The van der Waals surface area contributed by atoms with Crippen LogP contribution in [0.25, 0.3) is 0 Å². The predicted octanol–water partition coefficient (Wildman–Crippen LogP) is 1.09. The van der Waals surface area contributed by atoms with E-state index in [1.807, 2.05) is 0 Å². The molecule has 0 spiro atoms. The van der Waals surface area contributed by atoms with Crippen molar-refractivity contribution in [1.82, 2.24) is 9.80 Å². The fourth-order valence-corrected chi connectivity index (χ4v) is 2.73. The number of benzene rings is 1. The van der Waals surface area contributed by atoms with E-state index in [0.717, 1.165) is 0 Å². The molecule has 1 atom stereocenters. The second-order valence-corrected chi connectivity index (χ2v) is 5.91. The van der Waals surface area contributed by atoms with Gasteiger partial charge in [0.25, 0.3) is 5.91 Å². The van der Waals surface area contributed by atoms with Crippen LogP contribution in [0.2, 0.25) is 0 Å². The lowest BCUT2D eigenvalue weighted by molar-refractivity contribution is -0.145. The molecule has 1 fully saturated rings. The van der Waals surface area contributed by atoms with Crippen molar-refractivity contribution in [2.75, 3.05) is 33.8 Å². The van der Waals surface area contributed by atoms with Crippen molar-refractivity contribution < 1.29 is 24.2 Å². The molecule has 1 aliphatic rings. The Bertz CT molecular complexity index is 614. The van der Waals surface area contributed by atoms with Gasteiger partial charge in [-0.15, -0.1) is 0 Å². The highest BCUT2D eigenvalue weighted by Gasteiger charge is 2.29. The van der Waals surface area contributed by atoms with E-state index in [9.17, 15) is 14.4 Å². The van der Waals surface area contributed by atoms with Gasteiger partial charge >= 0.3 is 5.97 Å². The number of carbonyl (C=O) groups is 3. The topological polar surface area (TPSA) is 87.2 Å². The van der Waals surface area contributed by atoms with E-state index in [2.05, 4.69) is 0 Å². The molecule has 1 unspecified atom stereocenters. The van der Waals surface area contributed by atoms with E-state index in [1.54, 1.807) is 38.4 Å². The van der Waals surface area contributed by atoms with Gasteiger partial charge in [-0.3, -0.25) is 14.4 Å². The molecule has 2 rings (SSSR count). The Balaban J connectivity index is 1.94. The van der Waals surface area contributed by atoms with E-state index in [-0.39, 0.29) is 24.9 Å². The van der Waals surface area contributed by atoms with E-state index < -0.39 is 11.9 Å². The summed E-state index contributed by atoms with van der Waals surface area (Å²) in [4.78, 5) is 38.6. The highest BCUT2D eigenvalue weighted by Crippen LogP contribution is 2.17. The Morgan fingerprint density at radius 1 is 1.29 bits per heavy atom. The zero-order chi connectivity index (χ0) is 17.7. The number of hydrogen-bond acceptors (Lipinski definition) is 4. The van der Waals surface area contributed by atoms with E-state index >= 15 is 0 Å². The van der Waals surface area contributed by atoms with Crippen molar-refractivity contribution in [3.63, 3.8) is 0 Å². The van der Waals surface area contributed by atoms with Crippen LogP contribution in [0.5, 0.6) is 5.75 Å². The van der Waals surface area contributed by atoms with Gasteiger partial charge in [0.15, 0.2) is 0 Å². The summed E-state index contributed by atoms with van der Waals surface area (Å²) in [6, 6.07) is 6.66. The molecule has 1 aromatic carbocycles. The number of methoxy groups -OCH3 is 1. The Hall–Kier alpha value is -2.57. The summed E-state index contributed by atoms with van der Waals surface area (Å²) in [5.41, 5.74) is 0.466. The molecule has 0 bridgehead atoms. The van der Waals surface area contributed by atoms with Crippen LogP contribution >= 0.6 is 0 Å². The number of aliphatic carboxylic acids is 1. The van der Waals surface area contributed by atoms with Gasteiger partial charge in [0.1, 0.15) is 5.75 Å². The minimum atomic E-state index is -0.879. The number of nitrogens with zero attached hydrogens (tertiary/aromatic N) is 2. The van der Waals surface area contributed by atoms with Crippen molar-refractivity contribution >= 4 is 17.8 Å². The number of carboxylic acids is 1. The number of carboxylic acid groups (broad SMARTS) is 1. The van der Waals surface area contributed by atoms with Crippen molar-refractivity contribution in [2.24, 2.45) is 5.92 Å². The lowest BCUT2D eigenvalue weighted by Crippen LogP contribution is -2.46. The number of carbonyl (C=O) groups excluding carboxylic acids is 2. The molecule has 0 aliphatic carbocycles. The monoisotopic (exact) mass is 334 g/mol. The second kappa shape index (κ2) is 7.81. The maximum atomic E-state index is 12.4. The second-order valence-electron chi connectivity index (χ2n) is 5.91. The summed E-state index contributed by atoms with van der Waals surface area (Å²) >= 11 is 0. The predicted molar refractivity (Wildman–Crippen MR) is 86.9 cm³/mol. The number of piperidine rings is 1. The van der Waals surface area contributed by atoms with Gasteiger partial charge in [-0.1, -0.05) is 0 Å². The molecular weight excluding hydrogens is 312 g/mol. The van der Waals surface area contributed by atoms with Gasteiger partial charge in [-0.2, -0.15) is 0 Å². The SMILES string of the molecule is COc1ccc(C(=O)N(C)CC(=O)N2CCCC(C(=O)O)C2)cc1. The minimum absolute atomic E-state index is 0.0722. The van der Waals surface area contributed by atoms with Crippen LogP contribution < -0.4 is 4.74 Å². The van der Waals surface area contributed by atoms with Crippen LogP contribution in [0.3, 0.4) is 0 Å². The molecule has 0 aromatic heterocycles. The van der Waals surface area contributed by atoms with Crippen molar-refractivity contribution in [1.29, 1.82) is 0 Å². The molecule has 1 aliphatic heterocycles. The minimum Gasteiger partial charge on any atom is -0.497 e. The molecule has 7 heteroatoms. The number of likely N-dealkylation sites (tertiary alicyclic amines) is 1. The lowest BCUT2D eigenvalue weighted by Gasteiger charge is -2.32. The molecule has 1 N–H and O–H groups in total.